The van der Waals surface area contributed by atoms with Gasteiger partial charge in [-0.25, -0.2) is 5.43 Å². The first-order chi connectivity index (χ1) is 10.4. The SMILES string of the molecule is C/C(=N/NC(=O)c1cc(O)ccc1O)c1cc(Cl)ccc1O. The highest BCUT2D eigenvalue weighted by molar-refractivity contribution is 6.31. The quantitative estimate of drug-likeness (QED) is 0.396. The Labute approximate surface area is 131 Å². The summed E-state index contributed by atoms with van der Waals surface area (Å²) >= 11 is 5.84. The molecule has 2 rings (SSSR count). The Kier molecular flexibility index (Phi) is 4.53. The summed E-state index contributed by atoms with van der Waals surface area (Å²) in [6, 6.07) is 8.02. The van der Waals surface area contributed by atoms with Crippen molar-refractivity contribution in [1.29, 1.82) is 0 Å². The lowest BCUT2D eigenvalue weighted by molar-refractivity contribution is 0.0951. The van der Waals surface area contributed by atoms with Gasteiger partial charge in [0.25, 0.3) is 5.91 Å². The van der Waals surface area contributed by atoms with Crippen molar-refractivity contribution in [3.8, 4) is 17.2 Å². The third-order valence-electron chi connectivity index (χ3n) is 2.90. The Morgan fingerprint density at radius 1 is 1.05 bits per heavy atom. The Morgan fingerprint density at radius 2 is 1.68 bits per heavy atom. The summed E-state index contributed by atoms with van der Waals surface area (Å²) in [6.45, 7) is 1.58. The number of nitrogens with one attached hydrogen (secondary N) is 1. The van der Waals surface area contributed by atoms with Crippen LogP contribution in [0.4, 0.5) is 0 Å². The van der Waals surface area contributed by atoms with Crippen LogP contribution in [0.5, 0.6) is 17.2 Å². The normalized spacial score (nSPS) is 11.3. The van der Waals surface area contributed by atoms with E-state index in [1.165, 1.54) is 30.3 Å². The van der Waals surface area contributed by atoms with E-state index in [9.17, 15) is 20.1 Å². The summed E-state index contributed by atoms with van der Waals surface area (Å²) < 4.78 is 0. The molecule has 114 valence electrons. The number of aromatic hydroxyl groups is 3. The van der Waals surface area contributed by atoms with Gasteiger partial charge >= 0.3 is 0 Å². The maximum Gasteiger partial charge on any atom is 0.275 e. The van der Waals surface area contributed by atoms with E-state index in [1.807, 2.05) is 0 Å². The maximum absolute atomic E-state index is 11.9. The fraction of sp³-hybridized carbons (Fsp3) is 0.0667. The molecule has 6 nitrogen and oxygen atoms in total. The molecule has 0 heterocycles. The maximum atomic E-state index is 11.9. The largest absolute Gasteiger partial charge is 0.508 e. The molecule has 0 spiro atoms. The Morgan fingerprint density at radius 3 is 2.41 bits per heavy atom. The van der Waals surface area contributed by atoms with Crippen molar-refractivity contribution in [2.75, 3.05) is 0 Å². The number of benzene rings is 2. The average Bonchev–Trinajstić information content (AvgIpc) is 2.49. The molecule has 0 aliphatic carbocycles. The van der Waals surface area contributed by atoms with Gasteiger partial charge in [-0.1, -0.05) is 11.6 Å². The molecule has 0 saturated heterocycles. The summed E-state index contributed by atoms with van der Waals surface area (Å²) in [5.74, 6) is -1.17. The summed E-state index contributed by atoms with van der Waals surface area (Å²) in [5.41, 5.74) is 2.81. The molecular formula is C15H13ClN2O4. The number of halogens is 1. The van der Waals surface area contributed by atoms with E-state index in [0.717, 1.165) is 6.07 Å². The summed E-state index contributed by atoms with van der Waals surface area (Å²) in [6.07, 6.45) is 0. The Balaban J connectivity index is 2.22. The molecule has 0 radical (unpaired) electrons. The highest BCUT2D eigenvalue weighted by Crippen LogP contribution is 2.23. The van der Waals surface area contributed by atoms with E-state index >= 15 is 0 Å². The highest BCUT2D eigenvalue weighted by Gasteiger charge is 2.12. The molecule has 0 aliphatic rings. The first-order valence-corrected chi connectivity index (χ1v) is 6.62. The number of rotatable bonds is 3. The van der Waals surface area contributed by atoms with E-state index in [4.69, 9.17) is 11.6 Å². The number of hydrogen-bond donors (Lipinski definition) is 4. The van der Waals surface area contributed by atoms with Gasteiger partial charge in [0, 0.05) is 10.6 Å². The summed E-state index contributed by atoms with van der Waals surface area (Å²) in [4.78, 5) is 11.9. The molecule has 4 N–H and O–H groups in total. The average molecular weight is 321 g/mol. The van der Waals surface area contributed by atoms with E-state index in [2.05, 4.69) is 10.5 Å². The molecule has 7 heteroatoms. The van der Waals surface area contributed by atoms with Crippen LogP contribution in [0.15, 0.2) is 41.5 Å². The van der Waals surface area contributed by atoms with Crippen molar-refractivity contribution in [2.45, 2.75) is 6.92 Å². The molecule has 0 saturated carbocycles. The number of amides is 1. The van der Waals surface area contributed by atoms with Gasteiger partial charge in [0.2, 0.25) is 0 Å². The van der Waals surface area contributed by atoms with Crippen LogP contribution in [0.2, 0.25) is 5.02 Å². The lowest BCUT2D eigenvalue weighted by Crippen LogP contribution is -2.19. The minimum atomic E-state index is -0.700. The molecule has 2 aromatic carbocycles. The fourth-order valence-corrected chi connectivity index (χ4v) is 1.93. The van der Waals surface area contributed by atoms with Crippen LogP contribution < -0.4 is 5.43 Å². The second-order valence-electron chi connectivity index (χ2n) is 4.50. The number of carbonyl (C=O) groups is 1. The minimum Gasteiger partial charge on any atom is -0.508 e. The molecule has 1 amide bonds. The predicted octanol–water partition coefficient (Wildman–Crippen LogP) is 2.61. The first kappa shape index (κ1) is 15.7. The Bertz CT molecular complexity index is 759. The molecule has 0 aliphatic heterocycles. The highest BCUT2D eigenvalue weighted by atomic mass is 35.5. The van der Waals surface area contributed by atoms with Crippen molar-refractivity contribution in [2.24, 2.45) is 5.10 Å². The van der Waals surface area contributed by atoms with Crippen LogP contribution in [0.3, 0.4) is 0 Å². The van der Waals surface area contributed by atoms with Crippen LogP contribution in [0.1, 0.15) is 22.8 Å². The lowest BCUT2D eigenvalue weighted by Gasteiger charge is -2.07. The summed E-state index contributed by atoms with van der Waals surface area (Å²) in [7, 11) is 0. The molecule has 0 unspecified atom stereocenters. The Hall–Kier alpha value is -2.73. The van der Waals surface area contributed by atoms with Gasteiger partial charge in [0.1, 0.15) is 17.2 Å². The molecule has 0 bridgehead atoms. The number of phenols is 3. The zero-order chi connectivity index (χ0) is 16.3. The van der Waals surface area contributed by atoms with Gasteiger partial charge in [-0.3, -0.25) is 4.79 Å². The second-order valence-corrected chi connectivity index (χ2v) is 4.94. The van der Waals surface area contributed by atoms with E-state index < -0.39 is 5.91 Å². The van der Waals surface area contributed by atoms with Crippen molar-refractivity contribution in [1.82, 2.24) is 5.43 Å². The monoisotopic (exact) mass is 320 g/mol. The number of hydrazone groups is 1. The third kappa shape index (κ3) is 3.48. The van der Waals surface area contributed by atoms with Crippen LogP contribution in [-0.2, 0) is 0 Å². The van der Waals surface area contributed by atoms with Gasteiger partial charge in [0.15, 0.2) is 0 Å². The van der Waals surface area contributed by atoms with Gasteiger partial charge in [-0.15, -0.1) is 0 Å². The molecule has 0 atom stereocenters. The topological polar surface area (TPSA) is 102 Å². The lowest BCUT2D eigenvalue weighted by atomic mass is 10.1. The number of carbonyl (C=O) groups excluding carboxylic acids is 1. The van der Waals surface area contributed by atoms with Crippen LogP contribution >= 0.6 is 11.6 Å². The van der Waals surface area contributed by atoms with Crippen molar-refractivity contribution in [3.63, 3.8) is 0 Å². The molecule has 0 fully saturated rings. The van der Waals surface area contributed by atoms with E-state index in [1.54, 1.807) is 6.92 Å². The molecular weight excluding hydrogens is 308 g/mol. The zero-order valence-electron chi connectivity index (χ0n) is 11.5. The van der Waals surface area contributed by atoms with Crippen LogP contribution in [-0.4, -0.2) is 26.9 Å². The first-order valence-electron chi connectivity index (χ1n) is 6.24. The zero-order valence-corrected chi connectivity index (χ0v) is 12.3. The van der Waals surface area contributed by atoms with Crippen molar-refractivity contribution in [3.05, 3.63) is 52.5 Å². The van der Waals surface area contributed by atoms with Crippen molar-refractivity contribution >= 4 is 23.2 Å². The fourth-order valence-electron chi connectivity index (χ4n) is 1.76. The van der Waals surface area contributed by atoms with Crippen LogP contribution in [0.25, 0.3) is 0 Å². The molecule has 22 heavy (non-hydrogen) atoms. The number of nitrogens with zero attached hydrogens (tertiary/aromatic N) is 1. The smallest absolute Gasteiger partial charge is 0.275 e. The van der Waals surface area contributed by atoms with Gasteiger partial charge < -0.3 is 15.3 Å². The van der Waals surface area contributed by atoms with E-state index in [-0.39, 0.29) is 22.8 Å². The summed E-state index contributed by atoms with van der Waals surface area (Å²) in [5, 5.41) is 32.9. The standard InChI is InChI=1S/C15H13ClN2O4/c1-8(11-6-9(16)2-4-13(11)20)17-18-15(22)12-7-10(19)3-5-14(12)21/h2-7,19-21H,1H3,(H,18,22)/b17-8-. The van der Waals surface area contributed by atoms with Gasteiger partial charge in [0.05, 0.1) is 11.3 Å². The van der Waals surface area contributed by atoms with E-state index in [0.29, 0.717) is 16.3 Å². The van der Waals surface area contributed by atoms with Gasteiger partial charge in [-0.2, -0.15) is 5.10 Å². The molecule has 0 aromatic heterocycles. The number of hydrogen-bond acceptors (Lipinski definition) is 5. The van der Waals surface area contributed by atoms with Gasteiger partial charge in [-0.05, 0) is 43.3 Å². The minimum absolute atomic E-state index is 0.0277. The van der Waals surface area contributed by atoms with Crippen molar-refractivity contribution < 1.29 is 20.1 Å². The molecule has 2 aromatic rings. The number of phenolic OH excluding ortho intramolecular Hbond substituents is 3. The second kappa shape index (κ2) is 6.36. The predicted molar refractivity (Wildman–Crippen MR) is 82.6 cm³/mol. The van der Waals surface area contributed by atoms with Crippen LogP contribution in [0, 0.1) is 0 Å². The third-order valence-corrected chi connectivity index (χ3v) is 3.13.